The van der Waals surface area contributed by atoms with Crippen LogP contribution in [0.4, 0.5) is 11.4 Å². The van der Waals surface area contributed by atoms with Gasteiger partial charge in [-0.25, -0.2) is 4.98 Å². The lowest BCUT2D eigenvalue weighted by molar-refractivity contribution is 0.763. The molecule has 0 aliphatic carbocycles. The van der Waals surface area contributed by atoms with Crippen LogP contribution < -0.4 is 10.6 Å². The van der Waals surface area contributed by atoms with Gasteiger partial charge < -0.3 is 15.2 Å². The molecular weight excluding hydrogens is 250 g/mol. The summed E-state index contributed by atoms with van der Waals surface area (Å²) < 4.78 is 2.02. The first kappa shape index (κ1) is 12.5. The van der Waals surface area contributed by atoms with Crippen molar-refractivity contribution in [1.82, 2.24) is 14.5 Å². The van der Waals surface area contributed by atoms with Crippen molar-refractivity contribution in [1.29, 1.82) is 0 Å². The van der Waals surface area contributed by atoms with Crippen molar-refractivity contribution in [2.75, 3.05) is 17.7 Å². The number of fused-ring (bicyclic) bond motifs is 1. The summed E-state index contributed by atoms with van der Waals surface area (Å²) in [6.45, 7) is 0.734. The molecule has 5 heteroatoms. The first-order valence-corrected chi connectivity index (χ1v) is 6.47. The Bertz CT molecular complexity index is 747. The number of anilines is 2. The van der Waals surface area contributed by atoms with Gasteiger partial charge in [-0.3, -0.25) is 4.98 Å². The van der Waals surface area contributed by atoms with Crippen LogP contribution in [0.1, 0.15) is 5.82 Å². The summed E-state index contributed by atoms with van der Waals surface area (Å²) in [6.07, 6.45) is 5.56. The quantitative estimate of drug-likeness (QED) is 0.739. The lowest BCUT2D eigenvalue weighted by Crippen LogP contribution is -2.19. The predicted molar refractivity (Wildman–Crippen MR) is 81.5 cm³/mol. The number of nitrogens with two attached hydrogens (primary N) is 1. The molecule has 3 aromatic rings. The number of imidazole rings is 1. The van der Waals surface area contributed by atoms with Crippen molar-refractivity contribution in [2.24, 2.45) is 7.05 Å². The van der Waals surface area contributed by atoms with Gasteiger partial charge in [0.2, 0.25) is 0 Å². The monoisotopic (exact) mass is 267 g/mol. The number of aromatic nitrogens is 3. The standard InChI is InChI=1S/C15H17N5/c1-19-9-8-17-14(19)10-20(2)13-6-7-18-15-11(13)4-3-5-12(15)16/h3-9H,10,16H2,1-2H3. The van der Waals surface area contributed by atoms with Crippen LogP contribution in [0.3, 0.4) is 0 Å². The van der Waals surface area contributed by atoms with Crippen molar-refractivity contribution >= 4 is 22.3 Å². The Morgan fingerprint density at radius 2 is 2.05 bits per heavy atom. The average Bonchev–Trinajstić information content (AvgIpc) is 2.84. The molecule has 0 aliphatic heterocycles. The maximum Gasteiger partial charge on any atom is 0.127 e. The molecule has 0 atom stereocenters. The number of hydrogen-bond donors (Lipinski definition) is 1. The summed E-state index contributed by atoms with van der Waals surface area (Å²) in [4.78, 5) is 10.9. The number of rotatable bonds is 3. The summed E-state index contributed by atoms with van der Waals surface area (Å²) in [5.74, 6) is 1.02. The fraction of sp³-hybridized carbons (Fsp3) is 0.200. The number of nitrogen functional groups attached to an aromatic ring is 1. The van der Waals surface area contributed by atoms with Gasteiger partial charge in [0, 0.05) is 43.8 Å². The van der Waals surface area contributed by atoms with Crippen LogP contribution in [0.15, 0.2) is 42.9 Å². The molecular formula is C15H17N5. The predicted octanol–water partition coefficient (Wildman–Crippen LogP) is 2.19. The van der Waals surface area contributed by atoms with E-state index >= 15 is 0 Å². The van der Waals surface area contributed by atoms with Gasteiger partial charge in [0.1, 0.15) is 5.82 Å². The average molecular weight is 267 g/mol. The van der Waals surface area contributed by atoms with Gasteiger partial charge >= 0.3 is 0 Å². The molecule has 2 heterocycles. The van der Waals surface area contributed by atoms with Crippen LogP contribution in [-0.2, 0) is 13.6 Å². The molecule has 2 N–H and O–H groups in total. The van der Waals surface area contributed by atoms with Gasteiger partial charge in [-0.15, -0.1) is 0 Å². The maximum atomic E-state index is 5.99. The van der Waals surface area contributed by atoms with Crippen LogP contribution in [0.2, 0.25) is 0 Å². The highest BCUT2D eigenvalue weighted by molar-refractivity contribution is 5.97. The summed E-state index contributed by atoms with van der Waals surface area (Å²) >= 11 is 0. The Morgan fingerprint density at radius 1 is 1.20 bits per heavy atom. The van der Waals surface area contributed by atoms with E-state index in [9.17, 15) is 0 Å². The van der Waals surface area contributed by atoms with E-state index in [0.29, 0.717) is 5.69 Å². The molecule has 102 valence electrons. The third kappa shape index (κ3) is 2.07. The van der Waals surface area contributed by atoms with Crippen LogP contribution in [-0.4, -0.2) is 21.6 Å². The molecule has 0 amide bonds. The van der Waals surface area contributed by atoms with Crippen molar-refractivity contribution in [3.63, 3.8) is 0 Å². The van der Waals surface area contributed by atoms with Crippen LogP contribution in [0.25, 0.3) is 10.9 Å². The zero-order chi connectivity index (χ0) is 14.1. The Hall–Kier alpha value is -2.56. The van der Waals surface area contributed by atoms with E-state index in [1.54, 1.807) is 6.20 Å². The van der Waals surface area contributed by atoms with Gasteiger partial charge in [0.05, 0.1) is 17.7 Å². The van der Waals surface area contributed by atoms with Gasteiger partial charge in [-0.05, 0) is 12.1 Å². The minimum absolute atomic E-state index is 0.703. The fourth-order valence-corrected chi connectivity index (χ4v) is 2.36. The number of pyridine rings is 1. The van der Waals surface area contributed by atoms with E-state index < -0.39 is 0 Å². The highest BCUT2D eigenvalue weighted by atomic mass is 15.2. The summed E-state index contributed by atoms with van der Waals surface area (Å²) in [6, 6.07) is 7.88. The first-order valence-electron chi connectivity index (χ1n) is 6.47. The number of hydrogen-bond acceptors (Lipinski definition) is 4. The third-order valence-corrected chi connectivity index (χ3v) is 3.49. The molecule has 5 nitrogen and oxygen atoms in total. The second-order valence-corrected chi connectivity index (χ2v) is 4.88. The second kappa shape index (κ2) is 4.85. The Morgan fingerprint density at radius 3 is 2.80 bits per heavy atom. The number of benzene rings is 1. The molecule has 0 bridgehead atoms. The van der Waals surface area contributed by atoms with Crippen LogP contribution in [0.5, 0.6) is 0 Å². The van der Waals surface area contributed by atoms with E-state index in [1.165, 1.54) is 0 Å². The molecule has 0 saturated carbocycles. The van der Waals surface area contributed by atoms with Crippen LogP contribution >= 0.6 is 0 Å². The molecule has 0 spiro atoms. The van der Waals surface area contributed by atoms with E-state index in [2.05, 4.69) is 14.9 Å². The number of para-hydroxylation sites is 1. The SMILES string of the molecule is CN(Cc1nccn1C)c1ccnc2c(N)cccc12. The fourth-order valence-electron chi connectivity index (χ4n) is 2.36. The molecule has 1 aromatic carbocycles. The highest BCUT2D eigenvalue weighted by Gasteiger charge is 2.10. The van der Waals surface area contributed by atoms with Gasteiger partial charge in [0.25, 0.3) is 0 Å². The Labute approximate surface area is 117 Å². The van der Waals surface area contributed by atoms with Crippen molar-refractivity contribution in [3.05, 3.63) is 48.7 Å². The van der Waals surface area contributed by atoms with E-state index in [-0.39, 0.29) is 0 Å². The summed E-state index contributed by atoms with van der Waals surface area (Å²) in [7, 11) is 4.05. The lowest BCUT2D eigenvalue weighted by atomic mass is 10.1. The molecule has 2 aromatic heterocycles. The summed E-state index contributed by atoms with van der Waals surface area (Å²) in [5.41, 5.74) is 8.64. The zero-order valence-corrected chi connectivity index (χ0v) is 11.6. The second-order valence-electron chi connectivity index (χ2n) is 4.88. The molecule has 0 saturated heterocycles. The van der Waals surface area contributed by atoms with Crippen molar-refractivity contribution in [2.45, 2.75) is 6.54 Å². The smallest absolute Gasteiger partial charge is 0.127 e. The highest BCUT2D eigenvalue weighted by Crippen LogP contribution is 2.28. The minimum atomic E-state index is 0.703. The Kier molecular flexibility index (Phi) is 3.02. The molecule has 0 aliphatic rings. The van der Waals surface area contributed by atoms with E-state index in [0.717, 1.165) is 29.0 Å². The van der Waals surface area contributed by atoms with Crippen LogP contribution in [0, 0.1) is 0 Å². The largest absolute Gasteiger partial charge is 0.397 e. The van der Waals surface area contributed by atoms with Gasteiger partial charge in [-0.1, -0.05) is 12.1 Å². The van der Waals surface area contributed by atoms with E-state index in [1.807, 2.05) is 55.3 Å². The normalized spacial score (nSPS) is 10.9. The molecule has 0 fully saturated rings. The lowest BCUT2D eigenvalue weighted by Gasteiger charge is -2.20. The van der Waals surface area contributed by atoms with Crippen molar-refractivity contribution in [3.8, 4) is 0 Å². The Balaban J connectivity index is 2.02. The molecule has 20 heavy (non-hydrogen) atoms. The molecule has 0 unspecified atom stereocenters. The van der Waals surface area contributed by atoms with E-state index in [4.69, 9.17) is 5.73 Å². The molecule has 3 rings (SSSR count). The topological polar surface area (TPSA) is 60.0 Å². The molecule has 0 radical (unpaired) electrons. The number of aryl methyl sites for hydroxylation is 1. The van der Waals surface area contributed by atoms with Crippen molar-refractivity contribution < 1.29 is 0 Å². The number of nitrogens with zero attached hydrogens (tertiary/aromatic N) is 4. The minimum Gasteiger partial charge on any atom is -0.397 e. The summed E-state index contributed by atoms with van der Waals surface area (Å²) in [5, 5.41) is 1.06. The first-order chi connectivity index (χ1) is 9.66. The van der Waals surface area contributed by atoms with Gasteiger partial charge in [-0.2, -0.15) is 0 Å². The maximum absolute atomic E-state index is 5.99. The zero-order valence-electron chi connectivity index (χ0n) is 11.6. The third-order valence-electron chi connectivity index (χ3n) is 3.49. The van der Waals surface area contributed by atoms with Gasteiger partial charge in [0.15, 0.2) is 0 Å².